The predicted molar refractivity (Wildman–Crippen MR) is 175 cm³/mol. The molecule has 4 bridgehead atoms. The highest BCUT2D eigenvalue weighted by Gasteiger charge is 2.72. The number of methoxy groups -OCH3 is 1. The summed E-state index contributed by atoms with van der Waals surface area (Å²) in [5, 5.41) is 4.11. The van der Waals surface area contributed by atoms with Crippen LogP contribution < -0.4 is 15.8 Å². The van der Waals surface area contributed by atoms with E-state index in [4.69, 9.17) is 20.4 Å². The first-order chi connectivity index (χ1) is 22.5. The van der Waals surface area contributed by atoms with Gasteiger partial charge in [0, 0.05) is 42.2 Å². The number of amides is 2. The predicted octanol–water partition coefficient (Wildman–Crippen LogP) is 5.10. The Hall–Kier alpha value is -3.99. The Balaban J connectivity index is 1.07. The second-order valence-corrected chi connectivity index (χ2v) is 15.3. The summed E-state index contributed by atoms with van der Waals surface area (Å²) in [5.41, 5.74) is 10.3. The van der Waals surface area contributed by atoms with Crippen LogP contribution in [0.3, 0.4) is 0 Å². The van der Waals surface area contributed by atoms with Crippen LogP contribution in [0.4, 0.5) is 4.39 Å². The number of pyridine rings is 2. The first-order valence-electron chi connectivity index (χ1n) is 17.2. The van der Waals surface area contributed by atoms with Crippen LogP contribution in [0, 0.1) is 24.2 Å². The average molecular weight is 640 g/mol. The van der Waals surface area contributed by atoms with Crippen LogP contribution in [-0.4, -0.2) is 67.1 Å². The number of halogens is 1. The highest BCUT2D eigenvalue weighted by molar-refractivity contribution is 5.96. The van der Waals surface area contributed by atoms with Gasteiger partial charge in [0.2, 0.25) is 5.91 Å². The molecule has 0 unspecified atom stereocenters. The third kappa shape index (κ3) is 4.44. The van der Waals surface area contributed by atoms with Crippen molar-refractivity contribution in [3.63, 3.8) is 0 Å². The number of fused-ring (bicyclic) bond motifs is 4. The molecule has 4 aromatic heterocycles. The summed E-state index contributed by atoms with van der Waals surface area (Å²) in [5.74, 6) is 1.56. The van der Waals surface area contributed by atoms with E-state index in [-0.39, 0.29) is 29.9 Å². The van der Waals surface area contributed by atoms with Gasteiger partial charge in [-0.1, -0.05) is 0 Å². The Bertz CT molecular complexity index is 1960. The summed E-state index contributed by atoms with van der Waals surface area (Å²) < 4.78 is 24.2. The lowest BCUT2D eigenvalue weighted by Crippen LogP contribution is -2.70. The molecular formula is C36H42FN7O3. The molecule has 2 amide bonds. The van der Waals surface area contributed by atoms with Gasteiger partial charge in [-0.3, -0.25) is 14.0 Å². The van der Waals surface area contributed by atoms with Gasteiger partial charge >= 0.3 is 0 Å². The first kappa shape index (κ1) is 29.2. The molecule has 10 rings (SSSR count). The molecular weight excluding hydrogens is 597 g/mol. The molecule has 47 heavy (non-hydrogen) atoms. The SMILES string of the molecule is COc1cc(C(=O)N2C[C@H](N)[C@@H]3CC[C@@H]2C3)cc2nc(-c3cc4ccc([C@@H](C)NC(=O)C56CC(F)(C5)C6)nc4n3CC3CC3)c(C)n12. The number of rotatable bonds is 8. The van der Waals surface area contributed by atoms with Crippen molar-refractivity contribution in [3.05, 3.63) is 47.3 Å². The number of likely N-dealkylation sites (tertiary alicyclic amines) is 1. The molecule has 246 valence electrons. The number of ether oxygens (including phenoxy) is 1. The maximum Gasteiger partial charge on any atom is 0.254 e. The normalized spacial score (nSPS) is 29.9. The molecule has 0 radical (unpaired) electrons. The van der Waals surface area contributed by atoms with Crippen molar-refractivity contribution < 1.29 is 18.7 Å². The number of aryl methyl sites for hydroxylation is 1. The Morgan fingerprint density at radius 1 is 1.13 bits per heavy atom. The standard InChI is InChI=1S/C36H42FN7O3/c1-19(39-34(46)35-16-36(37,17-35)18-35)27-9-7-23-11-28(43(32(23)40-27)14-21-4-5-21)31-20(2)44-29(41-31)12-24(13-30(44)47-3)33(45)42-15-26(38)22-6-8-25(42)10-22/h7,9,11-13,19,21-22,25-26H,4-6,8,10,14-18,38H2,1-3H3,(H,39,46)/t19-,22-,25-,26+,35?,36?/m1/s1. The monoisotopic (exact) mass is 639 g/mol. The minimum atomic E-state index is -1.12. The number of nitrogens with one attached hydrogen (secondary N) is 1. The van der Waals surface area contributed by atoms with Crippen LogP contribution in [0.25, 0.3) is 28.1 Å². The van der Waals surface area contributed by atoms with Crippen molar-refractivity contribution in [1.82, 2.24) is 29.2 Å². The van der Waals surface area contributed by atoms with E-state index in [0.717, 1.165) is 59.6 Å². The second-order valence-electron chi connectivity index (χ2n) is 15.3. The molecule has 0 spiro atoms. The summed E-state index contributed by atoms with van der Waals surface area (Å²) in [7, 11) is 1.62. The maximum atomic E-state index is 14.1. The zero-order valence-electron chi connectivity index (χ0n) is 27.3. The fraction of sp³-hybridized carbons (Fsp3) is 0.556. The van der Waals surface area contributed by atoms with E-state index in [1.165, 1.54) is 12.8 Å². The zero-order valence-corrected chi connectivity index (χ0v) is 27.3. The van der Waals surface area contributed by atoms with Gasteiger partial charge in [-0.25, -0.2) is 14.4 Å². The number of carbonyl (C=O) groups excluding carboxylic acids is 2. The third-order valence-electron chi connectivity index (χ3n) is 11.9. The Morgan fingerprint density at radius 2 is 1.91 bits per heavy atom. The van der Waals surface area contributed by atoms with Crippen molar-refractivity contribution in [2.24, 2.45) is 23.0 Å². The van der Waals surface area contributed by atoms with Crippen LogP contribution in [-0.2, 0) is 11.3 Å². The lowest BCUT2D eigenvalue weighted by atomic mass is 9.42. The van der Waals surface area contributed by atoms with E-state index in [1.54, 1.807) is 7.11 Å². The number of alkyl halides is 1. The van der Waals surface area contributed by atoms with E-state index in [0.29, 0.717) is 54.7 Å². The molecule has 6 aliphatic rings. The minimum absolute atomic E-state index is 0.0160. The van der Waals surface area contributed by atoms with Crippen LogP contribution in [0.2, 0.25) is 0 Å². The number of piperidine rings is 1. The molecule has 5 aliphatic carbocycles. The topological polar surface area (TPSA) is 120 Å². The second kappa shape index (κ2) is 10.0. The molecule has 5 heterocycles. The highest BCUT2D eigenvalue weighted by atomic mass is 19.1. The lowest BCUT2D eigenvalue weighted by Gasteiger charge is -2.64. The van der Waals surface area contributed by atoms with Gasteiger partial charge in [0.25, 0.3) is 5.91 Å². The van der Waals surface area contributed by atoms with Crippen LogP contribution >= 0.6 is 0 Å². The van der Waals surface area contributed by atoms with E-state index in [2.05, 4.69) is 22.0 Å². The fourth-order valence-electron chi connectivity index (χ4n) is 9.05. The van der Waals surface area contributed by atoms with Gasteiger partial charge in [-0.05, 0) is 101 Å². The van der Waals surface area contributed by atoms with Crippen molar-refractivity contribution in [2.45, 2.75) is 95.6 Å². The molecule has 11 heteroatoms. The summed E-state index contributed by atoms with van der Waals surface area (Å²) >= 11 is 0. The summed E-state index contributed by atoms with van der Waals surface area (Å²) in [6.07, 6.45) is 6.43. The molecule has 5 saturated carbocycles. The lowest BCUT2D eigenvalue weighted by molar-refractivity contribution is -0.214. The van der Waals surface area contributed by atoms with Gasteiger partial charge in [0.05, 0.1) is 35.6 Å². The van der Waals surface area contributed by atoms with Crippen LogP contribution in [0.15, 0.2) is 30.3 Å². The zero-order chi connectivity index (χ0) is 32.4. The third-order valence-corrected chi connectivity index (χ3v) is 11.9. The van der Waals surface area contributed by atoms with Gasteiger partial charge in [0.1, 0.15) is 22.7 Å². The van der Waals surface area contributed by atoms with Gasteiger partial charge in [-0.15, -0.1) is 0 Å². The Morgan fingerprint density at radius 3 is 2.64 bits per heavy atom. The number of carbonyl (C=O) groups is 2. The van der Waals surface area contributed by atoms with E-state index in [9.17, 15) is 14.0 Å². The molecule has 4 aromatic rings. The average Bonchev–Trinajstić information content (AvgIpc) is 3.49. The van der Waals surface area contributed by atoms with E-state index >= 15 is 0 Å². The van der Waals surface area contributed by atoms with E-state index in [1.807, 2.05) is 41.3 Å². The number of nitrogens with zero attached hydrogens (tertiary/aromatic N) is 5. The highest BCUT2D eigenvalue weighted by Crippen LogP contribution is 2.69. The fourth-order valence-corrected chi connectivity index (χ4v) is 9.05. The summed E-state index contributed by atoms with van der Waals surface area (Å²) in [6.45, 7) is 5.38. The number of imidazole rings is 1. The molecule has 0 aromatic carbocycles. The first-order valence-corrected chi connectivity index (χ1v) is 17.2. The molecule has 6 fully saturated rings. The van der Waals surface area contributed by atoms with Crippen molar-refractivity contribution >= 4 is 28.5 Å². The number of nitrogens with two attached hydrogens (primary N) is 1. The number of hydrogen-bond acceptors (Lipinski definition) is 6. The maximum absolute atomic E-state index is 14.1. The Kier molecular flexibility index (Phi) is 6.21. The number of hydrogen-bond donors (Lipinski definition) is 2. The number of aromatic nitrogens is 4. The van der Waals surface area contributed by atoms with Crippen LogP contribution in [0.1, 0.15) is 86.1 Å². The smallest absolute Gasteiger partial charge is 0.254 e. The quantitative estimate of drug-likeness (QED) is 0.277. The molecule has 10 nitrogen and oxygen atoms in total. The summed E-state index contributed by atoms with van der Waals surface area (Å²) in [6, 6.07) is 9.82. The van der Waals surface area contributed by atoms with Crippen molar-refractivity contribution in [2.75, 3.05) is 13.7 Å². The van der Waals surface area contributed by atoms with Gasteiger partial charge in [0.15, 0.2) is 5.88 Å². The largest absolute Gasteiger partial charge is 0.482 e. The molecule has 1 saturated heterocycles. The molecule has 4 atom stereocenters. The van der Waals surface area contributed by atoms with Crippen molar-refractivity contribution in [3.8, 4) is 17.3 Å². The van der Waals surface area contributed by atoms with Gasteiger partial charge in [-0.2, -0.15) is 0 Å². The Labute approximate surface area is 272 Å². The molecule has 3 N–H and O–H groups in total. The minimum Gasteiger partial charge on any atom is -0.482 e. The molecule has 1 aliphatic heterocycles. The van der Waals surface area contributed by atoms with E-state index < -0.39 is 11.1 Å². The summed E-state index contributed by atoms with van der Waals surface area (Å²) in [4.78, 5) is 39.1. The van der Waals surface area contributed by atoms with Gasteiger partial charge < -0.3 is 25.3 Å². The van der Waals surface area contributed by atoms with Crippen LogP contribution in [0.5, 0.6) is 5.88 Å². The van der Waals surface area contributed by atoms with Crippen molar-refractivity contribution in [1.29, 1.82) is 0 Å².